The van der Waals surface area contributed by atoms with Crippen LogP contribution in [0, 0.1) is 29.1 Å². The zero-order valence-corrected chi connectivity index (χ0v) is 19.8. The lowest BCUT2D eigenvalue weighted by Gasteiger charge is -2.55. The summed E-state index contributed by atoms with van der Waals surface area (Å²) in [6.07, 6.45) is 7.32. The number of primary sulfonamides is 1. The van der Waals surface area contributed by atoms with Gasteiger partial charge in [0.05, 0.1) is 4.90 Å². The minimum absolute atomic E-state index is 0.0121. The lowest BCUT2D eigenvalue weighted by atomic mass is 9.49. The lowest BCUT2D eigenvalue weighted by Crippen LogP contribution is -2.58. The van der Waals surface area contributed by atoms with Crippen LogP contribution in [0.25, 0.3) is 0 Å². The number of nitrogens with one attached hydrogen (secondary N) is 2. The van der Waals surface area contributed by atoms with Gasteiger partial charge in [-0.3, -0.25) is 9.59 Å². The first-order chi connectivity index (χ1) is 15.1. The second-order valence-corrected chi connectivity index (χ2v) is 12.2. The van der Waals surface area contributed by atoms with E-state index in [4.69, 9.17) is 5.14 Å². The van der Waals surface area contributed by atoms with Crippen molar-refractivity contribution >= 4 is 21.8 Å². The van der Waals surface area contributed by atoms with E-state index in [1.54, 1.807) is 12.1 Å². The average molecular weight is 462 g/mol. The van der Waals surface area contributed by atoms with E-state index in [2.05, 4.69) is 10.6 Å². The monoisotopic (exact) mass is 461 g/mol. The third-order valence-corrected chi connectivity index (χ3v) is 8.65. The minimum atomic E-state index is -3.71. The normalized spacial score (nSPS) is 29.7. The zero-order chi connectivity index (χ0) is 23.1. The maximum Gasteiger partial charge on any atom is 0.242 e. The van der Waals surface area contributed by atoms with E-state index >= 15 is 0 Å². The number of benzene rings is 1. The van der Waals surface area contributed by atoms with Crippen molar-refractivity contribution < 1.29 is 18.0 Å². The molecular weight excluding hydrogens is 426 g/mol. The second-order valence-electron chi connectivity index (χ2n) is 10.6. The zero-order valence-electron chi connectivity index (χ0n) is 19.0. The van der Waals surface area contributed by atoms with E-state index in [0.717, 1.165) is 24.8 Å². The molecule has 4 aliphatic carbocycles. The highest BCUT2D eigenvalue weighted by molar-refractivity contribution is 7.89. The molecule has 176 valence electrons. The van der Waals surface area contributed by atoms with Gasteiger partial charge in [-0.05, 0) is 86.3 Å². The molecule has 4 aliphatic rings. The third-order valence-electron chi connectivity index (χ3n) is 7.72. The van der Waals surface area contributed by atoms with Gasteiger partial charge in [-0.25, -0.2) is 13.6 Å². The number of sulfonamides is 1. The van der Waals surface area contributed by atoms with E-state index in [0.29, 0.717) is 30.7 Å². The van der Waals surface area contributed by atoms with E-state index in [1.165, 1.54) is 31.4 Å². The molecule has 0 aromatic heterocycles. The molecular formula is C24H35N3O4S. The Labute approximate surface area is 191 Å². The summed E-state index contributed by atoms with van der Waals surface area (Å²) < 4.78 is 22.7. The van der Waals surface area contributed by atoms with Crippen LogP contribution in [0.15, 0.2) is 29.2 Å². The number of nitrogens with two attached hydrogens (primary N) is 1. The minimum Gasteiger partial charge on any atom is -0.354 e. The van der Waals surface area contributed by atoms with E-state index < -0.39 is 16.1 Å². The van der Waals surface area contributed by atoms with Gasteiger partial charge in [0.25, 0.3) is 0 Å². The Hall–Kier alpha value is -1.93. The lowest BCUT2D eigenvalue weighted by molar-refractivity contribution is -0.149. The molecule has 0 radical (unpaired) electrons. The molecule has 1 unspecified atom stereocenters. The number of carbonyl (C=O) groups is 2. The molecule has 0 aliphatic heterocycles. The number of rotatable bonds is 8. The third kappa shape index (κ3) is 4.86. The first-order valence-corrected chi connectivity index (χ1v) is 13.3. The van der Waals surface area contributed by atoms with E-state index in [1.807, 2.05) is 13.8 Å². The molecule has 1 atom stereocenters. The van der Waals surface area contributed by atoms with Crippen LogP contribution in [0.4, 0.5) is 0 Å². The summed E-state index contributed by atoms with van der Waals surface area (Å²) in [5.41, 5.74) is 0.629. The second kappa shape index (κ2) is 8.78. The van der Waals surface area contributed by atoms with Gasteiger partial charge in [0, 0.05) is 12.0 Å². The van der Waals surface area contributed by atoms with Gasteiger partial charge >= 0.3 is 0 Å². The van der Waals surface area contributed by atoms with Gasteiger partial charge in [0.15, 0.2) is 0 Å². The molecule has 4 N–H and O–H groups in total. The smallest absolute Gasteiger partial charge is 0.242 e. The maximum absolute atomic E-state index is 13.4. The number of hydrogen-bond acceptors (Lipinski definition) is 4. The van der Waals surface area contributed by atoms with Gasteiger partial charge in [-0.1, -0.05) is 26.0 Å². The maximum atomic E-state index is 13.4. The highest BCUT2D eigenvalue weighted by Crippen LogP contribution is 2.60. The van der Waals surface area contributed by atoms with E-state index in [9.17, 15) is 18.0 Å². The van der Waals surface area contributed by atoms with Crippen molar-refractivity contribution in [2.45, 2.75) is 69.7 Å². The number of hydrogen-bond donors (Lipinski definition) is 3. The Morgan fingerprint density at radius 1 is 1.03 bits per heavy atom. The molecule has 7 nitrogen and oxygen atoms in total. The molecule has 2 amide bonds. The number of carbonyl (C=O) groups excluding carboxylic acids is 2. The van der Waals surface area contributed by atoms with E-state index in [-0.39, 0.29) is 28.0 Å². The predicted octanol–water partition coefficient (Wildman–Crippen LogP) is 2.35. The molecule has 0 saturated heterocycles. The summed E-state index contributed by atoms with van der Waals surface area (Å²) in [6, 6.07) is 5.77. The summed E-state index contributed by atoms with van der Waals surface area (Å²) >= 11 is 0. The first kappa shape index (κ1) is 23.2. The molecule has 32 heavy (non-hydrogen) atoms. The van der Waals surface area contributed by atoms with Gasteiger partial charge in [-0.15, -0.1) is 0 Å². The first-order valence-electron chi connectivity index (χ1n) is 11.8. The van der Waals surface area contributed by atoms with Crippen molar-refractivity contribution in [3.63, 3.8) is 0 Å². The Balaban J connectivity index is 1.33. The van der Waals surface area contributed by atoms with Crippen LogP contribution in [-0.4, -0.2) is 32.8 Å². The SMILES string of the molecule is CC(C)C(NC(=O)C12CC3CC(CC(C3)C1)C2)C(=O)NCCc1ccc(S(N)(=O)=O)cc1. The largest absolute Gasteiger partial charge is 0.354 e. The topological polar surface area (TPSA) is 118 Å². The van der Waals surface area contributed by atoms with Crippen LogP contribution in [0.2, 0.25) is 0 Å². The Kier molecular flexibility index (Phi) is 6.38. The van der Waals surface area contributed by atoms with Crippen molar-refractivity contribution in [3.8, 4) is 0 Å². The standard InChI is InChI=1S/C24H35N3O4S/c1-15(2)21(22(28)26-8-7-16-3-5-20(6-4-16)32(25,30)31)27-23(29)24-12-17-9-18(13-24)11-19(10-17)14-24/h3-6,15,17-19,21H,7-14H2,1-2H3,(H,26,28)(H,27,29)(H2,25,30,31). The van der Waals surface area contributed by atoms with Crippen molar-refractivity contribution in [1.29, 1.82) is 0 Å². The summed E-state index contributed by atoms with van der Waals surface area (Å²) in [5, 5.41) is 11.2. The summed E-state index contributed by atoms with van der Waals surface area (Å²) in [5.74, 6) is 1.93. The molecule has 0 spiro atoms. The van der Waals surface area contributed by atoms with Crippen LogP contribution in [0.5, 0.6) is 0 Å². The predicted molar refractivity (Wildman–Crippen MR) is 122 cm³/mol. The Morgan fingerprint density at radius 3 is 2.03 bits per heavy atom. The van der Waals surface area contributed by atoms with Gasteiger partial charge < -0.3 is 10.6 Å². The fourth-order valence-corrected chi connectivity index (χ4v) is 7.02. The molecule has 4 saturated carbocycles. The van der Waals surface area contributed by atoms with Crippen LogP contribution in [0.3, 0.4) is 0 Å². The van der Waals surface area contributed by atoms with Gasteiger partial charge in [0.2, 0.25) is 21.8 Å². The Morgan fingerprint density at radius 2 is 1.56 bits per heavy atom. The molecule has 1 aromatic rings. The highest BCUT2D eigenvalue weighted by atomic mass is 32.2. The number of amides is 2. The molecule has 1 aromatic carbocycles. The van der Waals surface area contributed by atoms with Crippen molar-refractivity contribution in [2.24, 2.45) is 34.2 Å². The Bertz CT molecular complexity index is 936. The summed E-state index contributed by atoms with van der Waals surface area (Å²) in [7, 11) is -3.71. The quantitative estimate of drug-likeness (QED) is 0.551. The van der Waals surface area contributed by atoms with Gasteiger partial charge in [-0.2, -0.15) is 0 Å². The fraction of sp³-hybridized carbons (Fsp3) is 0.667. The van der Waals surface area contributed by atoms with Crippen LogP contribution in [0.1, 0.15) is 57.9 Å². The molecule has 8 heteroatoms. The molecule has 5 rings (SSSR count). The average Bonchev–Trinajstić information content (AvgIpc) is 2.70. The molecule has 4 fully saturated rings. The fourth-order valence-electron chi connectivity index (χ4n) is 6.50. The summed E-state index contributed by atoms with van der Waals surface area (Å²) in [4.78, 5) is 26.3. The van der Waals surface area contributed by atoms with Crippen molar-refractivity contribution in [3.05, 3.63) is 29.8 Å². The van der Waals surface area contributed by atoms with Crippen LogP contribution in [-0.2, 0) is 26.0 Å². The van der Waals surface area contributed by atoms with Crippen LogP contribution < -0.4 is 15.8 Å². The summed E-state index contributed by atoms with van der Waals surface area (Å²) in [6.45, 7) is 4.32. The molecule has 4 bridgehead atoms. The van der Waals surface area contributed by atoms with Crippen molar-refractivity contribution in [2.75, 3.05) is 6.54 Å². The van der Waals surface area contributed by atoms with Crippen LogP contribution >= 0.6 is 0 Å². The van der Waals surface area contributed by atoms with Gasteiger partial charge in [0.1, 0.15) is 6.04 Å². The van der Waals surface area contributed by atoms with Crippen molar-refractivity contribution in [1.82, 2.24) is 10.6 Å². The molecule has 0 heterocycles. The highest BCUT2D eigenvalue weighted by Gasteiger charge is 2.55.